The molecule has 0 fully saturated rings. The van der Waals surface area contributed by atoms with Gasteiger partial charge in [-0.1, -0.05) is 60.1 Å². The van der Waals surface area contributed by atoms with Gasteiger partial charge in [-0.3, -0.25) is 4.79 Å². The Hall–Kier alpha value is -3.74. The number of halogens is 2. The first-order chi connectivity index (χ1) is 18.4. The van der Waals surface area contributed by atoms with Crippen LogP contribution in [0.2, 0.25) is 5.02 Å². The summed E-state index contributed by atoms with van der Waals surface area (Å²) in [5.74, 6) is -0.643. The standard InChI is InChI=1S/C31H29ClFN3O2/c1-20-11-16-28(26(32)17-20)36-30-23(18-21-12-14-24(33)15-13-21)9-5-6-10-25(30)29(35-36)31(38)34-27(19-37)22-7-3-2-4-8-22/h2-4,7-8,11-18,27,37H,5-6,9-10,19H2,1H3,(H,34,38)/b23-18+/t27-/m1/s1. The molecule has 5 nitrogen and oxygen atoms in total. The number of benzene rings is 3. The highest BCUT2D eigenvalue weighted by Gasteiger charge is 2.29. The molecule has 194 valence electrons. The van der Waals surface area contributed by atoms with Crippen LogP contribution >= 0.6 is 11.6 Å². The molecule has 2 N–H and O–H groups in total. The van der Waals surface area contributed by atoms with Gasteiger partial charge in [-0.15, -0.1) is 0 Å². The number of amides is 1. The molecule has 0 saturated heterocycles. The van der Waals surface area contributed by atoms with Gasteiger partial charge in [0.05, 0.1) is 29.1 Å². The smallest absolute Gasteiger partial charge is 0.272 e. The number of aliphatic hydroxyl groups excluding tert-OH is 1. The number of nitrogens with zero attached hydrogens (tertiary/aromatic N) is 2. The molecule has 3 aromatic carbocycles. The molecule has 4 aromatic rings. The van der Waals surface area contributed by atoms with Gasteiger partial charge in [0, 0.05) is 5.56 Å². The van der Waals surface area contributed by atoms with Gasteiger partial charge in [0.1, 0.15) is 5.82 Å². The molecular weight excluding hydrogens is 501 g/mol. The summed E-state index contributed by atoms with van der Waals surface area (Å²) in [6.45, 7) is 1.73. The number of allylic oxidation sites excluding steroid dienone is 1. The lowest BCUT2D eigenvalue weighted by atomic mass is 10.0. The van der Waals surface area contributed by atoms with Crippen molar-refractivity contribution in [2.75, 3.05) is 6.61 Å². The van der Waals surface area contributed by atoms with Crippen molar-refractivity contribution in [1.82, 2.24) is 15.1 Å². The van der Waals surface area contributed by atoms with Crippen LogP contribution in [0.1, 0.15) is 63.7 Å². The average molecular weight is 530 g/mol. The Morgan fingerprint density at radius 1 is 1.11 bits per heavy atom. The zero-order chi connectivity index (χ0) is 26.6. The van der Waals surface area contributed by atoms with E-state index < -0.39 is 6.04 Å². The highest BCUT2D eigenvalue weighted by molar-refractivity contribution is 6.32. The average Bonchev–Trinajstić information content (AvgIpc) is 3.17. The molecule has 0 unspecified atom stereocenters. The second-order valence-electron chi connectivity index (χ2n) is 9.59. The molecule has 0 spiro atoms. The predicted octanol–water partition coefficient (Wildman–Crippen LogP) is 6.70. The molecule has 1 aromatic heterocycles. The van der Waals surface area contributed by atoms with E-state index in [2.05, 4.69) is 5.32 Å². The van der Waals surface area contributed by atoms with Crippen molar-refractivity contribution in [2.45, 2.75) is 38.6 Å². The molecule has 5 rings (SSSR count). The minimum Gasteiger partial charge on any atom is -0.394 e. The summed E-state index contributed by atoms with van der Waals surface area (Å²) < 4.78 is 15.3. The topological polar surface area (TPSA) is 67.2 Å². The minimum absolute atomic E-state index is 0.238. The molecule has 1 amide bonds. The molecule has 7 heteroatoms. The van der Waals surface area contributed by atoms with E-state index >= 15 is 0 Å². The molecule has 0 aliphatic heterocycles. The largest absolute Gasteiger partial charge is 0.394 e. The maximum absolute atomic E-state index is 13.7. The van der Waals surface area contributed by atoms with Crippen LogP contribution in [-0.2, 0) is 6.42 Å². The molecule has 0 saturated carbocycles. The number of carbonyl (C=O) groups is 1. The molecule has 1 aliphatic carbocycles. The molecule has 1 aliphatic rings. The van der Waals surface area contributed by atoms with Crippen LogP contribution in [-0.4, -0.2) is 27.4 Å². The zero-order valence-corrected chi connectivity index (χ0v) is 21.9. The first-order valence-corrected chi connectivity index (χ1v) is 13.1. The van der Waals surface area contributed by atoms with Gasteiger partial charge in [0.15, 0.2) is 5.69 Å². The summed E-state index contributed by atoms with van der Waals surface area (Å²) in [4.78, 5) is 13.7. The number of carbonyl (C=O) groups excluding carboxylic acids is 1. The second kappa shape index (κ2) is 11.3. The Kier molecular flexibility index (Phi) is 7.72. The summed E-state index contributed by atoms with van der Waals surface area (Å²) in [5, 5.41) is 18.4. The number of nitrogens with one attached hydrogen (secondary N) is 1. The van der Waals surface area contributed by atoms with E-state index in [1.54, 1.807) is 16.8 Å². The lowest BCUT2D eigenvalue weighted by Crippen LogP contribution is -2.31. The first kappa shape index (κ1) is 25.9. The molecule has 38 heavy (non-hydrogen) atoms. The van der Waals surface area contributed by atoms with Gasteiger partial charge in [-0.25, -0.2) is 9.07 Å². The highest BCUT2D eigenvalue weighted by atomic mass is 35.5. The van der Waals surface area contributed by atoms with Gasteiger partial charge >= 0.3 is 0 Å². The molecule has 1 atom stereocenters. The first-order valence-electron chi connectivity index (χ1n) is 12.8. The van der Waals surface area contributed by atoms with Gasteiger partial charge in [-0.05, 0) is 85.2 Å². The summed E-state index contributed by atoms with van der Waals surface area (Å²) in [6.07, 6.45) is 5.32. The van der Waals surface area contributed by atoms with E-state index in [1.807, 2.05) is 61.5 Å². The highest BCUT2D eigenvalue weighted by Crippen LogP contribution is 2.36. The summed E-state index contributed by atoms with van der Waals surface area (Å²) >= 11 is 6.69. The van der Waals surface area contributed by atoms with Crippen LogP contribution in [0.5, 0.6) is 0 Å². The number of rotatable bonds is 6. The van der Waals surface area contributed by atoms with Crippen molar-refractivity contribution in [1.29, 1.82) is 0 Å². The number of aliphatic hydroxyl groups is 1. The summed E-state index contributed by atoms with van der Waals surface area (Å²) in [6, 6.07) is 20.9. The van der Waals surface area contributed by atoms with E-state index in [0.29, 0.717) is 22.8 Å². The van der Waals surface area contributed by atoms with E-state index in [-0.39, 0.29) is 18.3 Å². The van der Waals surface area contributed by atoms with E-state index in [0.717, 1.165) is 52.8 Å². The number of aryl methyl sites for hydroxylation is 1. The van der Waals surface area contributed by atoms with Crippen LogP contribution in [0.3, 0.4) is 0 Å². The van der Waals surface area contributed by atoms with E-state index in [9.17, 15) is 14.3 Å². The van der Waals surface area contributed by atoms with Crippen molar-refractivity contribution in [3.8, 4) is 5.69 Å². The maximum Gasteiger partial charge on any atom is 0.272 e. The number of fused-ring (bicyclic) bond motifs is 1. The van der Waals surface area contributed by atoms with Crippen molar-refractivity contribution >= 4 is 29.2 Å². The summed E-state index contributed by atoms with van der Waals surface area (Å²) in [7, 11) is 0. The quantitative estimate of drug-likeness (QED) is 0.273. The Balaban J connectivity index is 1.64. The second-order valence-corrected chi connectivity index (χ2v) is 10.00. The van der Waals surface area contributed by atoms with Gasteiger partial charge in [-0.2, -0.15) is 5.10 Å². The van der Waals surface area contributed by atoms with Gasteiger partial charge in [0.25, 0.3) is 5.91 Å². The van der Waals surface area contributed by atoms with Crippen molar-refractivity contribution < 1.29 is 14.3 Å². The zero-order valence-electron chi connectivity index (χ0n) is 21.1. The molecule has 1 heterocycles. The van der Waals surface area contributed by atoms with Gasteiger partial charge < -0.3 is 10.4 Å². The van der Waals surface area contributed by atoms with E-state index in [4.69, 9.17) is 16.7 Å². The Morgan fingerprint density at radius 3 is 2.55 bits per heavy atom. The molecule has 0 radical (unpaired) electrons. The normalized spacial score (nSPS) is 15.1. The Bertz CT molecular complexity index is 1480. The minimum atomic E-state index is -0.563. The lowest BCUT2D eigenvalue weighted by Gasteiger charge is -2.16. The van der Waals surface area contributed by atoms with Crippen LogP contribution < -0.4 is 5.32 Å². The van der Waals surface area contributed by atoms with Crippen LogP contribution in [0, 0.1) is 12.7 Å². The lowest BCUT2D eigenvalue weighted by molar-refractivity contribution is 0.0909. The molecule has 0 bridgehead atoms. The molecular formula is C31H29ClFN3O2. The summed E-state index contributed by atoms with van der Waals surface area (Å²) in [5.41, 5.74) is 6.39. The van der Waals surface area contributed by atoms with Crippen molar-refractivity contribution in [2.24, 2.45) is 0 Å². The fourth-order valence-corrected chi connectivity index (χ4v) is 5.26. The third kappa shape index (κ3) is 5.42. The Labute approximate surface area is 226 Å². The van der Waals surface area contributed by atoms with Crippen LogP contribution in [0.4, 0.5) is 4.39 Å². The number of aromatic nitrogens is 2. The Morgan fingerprint density at radius 2 is 1.84 bits per heavy atom. The number of hydrogen-bond donors (Lipinski definition) is 2. The van der Waals surface area contributed by atoms with Crippen LogP contribution in [0.15, 0.2) is 72.8 Å². The fourth-order valence-electron chi connectivity index (χ4n) is 4.94. The van der Waals surface area contributed by atoms with Crippen LogP contribution in [0.25, 0.3) is 17.3 Å². The third-order valence-electron chi connectivity index (χ3n) is 6.86. The fraction of sp³-hybridized carbons (Fsp3) is 0.226. The van der Waals surface area contributed by atoms with E-state index in [1.165, 1.54) is 12.1 Å². The van der Waals surface area contributed by atoms with Crippen molar-refractivity contribution in [3.63, 3.8) is 0 Å². The van der Waals surface area contributed by atoms with Gasteiger partial charge in [0.2, 0.25) is 0 Å². The predicted molar refractivity (Wildman–Crippen MR) is 149 cm³/mol. The maximum atomic E-state index is 13.7. The third-order valence-corrected chi connectivity index (χ3v) is 7.16. The number of hydrogen-bond acceptors (Lipinski definition) is 3. The van der Waals surface area contributed by atoms with Crippen molar-refractivity contribution in [3.05, 3.63) is 117 Å². The monoisotopic (exact) mass is 529 g/mol. The SMILES string of the molecule is Cc1ccc(-n2nc(C(=O)N[C@H](CO)c3ccccc3)c3c2/C(=C/c2ccc(F)cc2)CCCC3)c(Cl)c1.